The normalized spacial score (nSPS) is 10.9. The fraction of sp³-hybridized carbons (Fsp3) is 0.115. The van der Waals surface area contributed by atoms with E-state index in [2.05, 4.69) is 93.2 Å². The van der Waals surface area contributed by atoms with Gasteiger partial charge in [0.25, 0.3) is 0 Å². The number of aryl methyl sites for hydroxylation is 2. The van der Waals surface area contributed by atoms with Gasteiger partial charge in [0.2, 0.25) is 0 Å². The minimum atomic E-state index is 0.645. The molecule has 0 unspecified atom stereocenters. The van der Waals surface area contributed by atoms with E-state index in [4.69, 9.17) is 16.7 Å². The lowest BCUT2D eigenvalue weighted by Crippen LogP contribution is -2.04. The first kappa shape index (κ1) is 19.2. The molecule has 0 spiro atoms. The largest absolute Gasteiger partial charge is 0.258 e. The third-order valence-electron chi connectivity index (χ3n) is 5.09. The van der Waals surface area contributed by atoms with Crippen molar-refractivity contribution in [1.82, 2.24) is 9.78 Å². The molecule has 0 saturated carbocycles. The van der Waals surface area contributed by atoms with E-state index < -0.39 is 0 Å². The predicted molar refractivity (Wildman–Crippen MR) is 123 cm³/mol. The van der Waals surface area contributed by atoms with Gasteiger partial charge in [-0.05, 0) is 25.0 Å². The van der Waals surface area contributed by atoms with Gasteiger partial charge in [0, 0.05) is 11.1 Å². The Balaban J connectivity index is 1.82. The molecule has 1 aromatic heterocycles. The average Bonchev–Trinajstić information content (AvgIpc) is 3.06. The Hall–Kier alpha value is -3.10. The molecular formula is C26H23ClN2. The molecule has 0 aliphatic heterocycles. The van der Waals surface area contributed by atoms with Gasteiger partial charge in [-0.3, -0.25) is 4.68 Å². The highest BCUT2D eigenvalue weighted by Gasteiger charge is 2.19. The molecule has 0 amide bonds. The van der Waals surface area contributed by atoms with Crippen LogP contribution in [0.15, 0.2) is 79.4 Å². The predicted octanol–water partition coefficient (Wildman–Crippen LogP) is 7.18. The third kappa shape index (κ3) is 4.03. The molecule has 3 aromatic carbocycles. The topological polar surface area (TPSA) is 17.8 Å². The average molecular weight is 399 g/mol. The van der Waals surface area contributed by atoms with E-state index in [9.17, 15) is 0 Å². The van der Waals surface area contributed by atoms with Gasteiger partial charge in [-0.1, -0.05) is 108 Å². The van der Waals surface area contributed by atoms with Crippen LogP contribution >= 0.6 is 11.6 Å². The van der Waals surface area contributed by atoms with Gasteiger partial charge in [0.15, 0.2) is 0 Å². The zero-order valence-electron chi connectivity index (χ0n) is 16.7. The standard InChI is InChI=1S/C26H23ClN2/c1-4-20-9-11-21(12-10-20)17-29-26(23-15-7-19(3)8-16-23)24(27)25(28-29)22-13-5-18(2)6-14-22/h4-16H,1,17H2,2-3H3. The summed E-state index contributed by atoms with van der Waals surface area (Å²) in [5, 5.41) is 5.59. The van der Waals surface area contributed by atoms with Crippen LogP contribution in [0.1, 0.15) is 22.3 Å². The molecule has 0 saturated heterocycles. The van der Waals surface area contributed by atoms with Gasteiger partial charge in [-0.25, -0.2) is 0 Å². The molecule has 0 fully saturated rings. The van der Waals surface area contributed by atoms with Gasteiger partial charge >= 0.3 is 0 Å². The van der Waals surface area contributed by atoms with E-state index in [1.807, 2.05) is 10.8 Å². The fourth-order valence-corrected chi connectivity index (χ4v) is 3.72. The van der Waals surface area contributed by atoms with Crippen molar-refractivity contribution in [2.75, 3.05) is 0 Å². The van der Waals surface area contributed by atoms with Crippen molar-refractivity contribution in [3.8, 4) is 22.5 Å². The summed E-state index contributed by atoms with van der Waals surface area (Å²) in [6, 6.07) is 25.1. The molecule has 4 aromatic rings. The lowest BCUT2D eigenvalue weighted by atomic mass is 10.1. The van der Waals surface area contributed by atoms with Crippen LogP contribution in [0.4, 0.5) is 0 Å². The Kier molecular flexibility index (Phi) is 5.37. The van der Waals surface area contributed by atoms with Crippen molar-refractivity contribution in [2.45, 2.75) is 20.4 Å². The Morgan fingerprint density at radius 3 is 1.93 bits per heavy atom. The van der Waals surface area contributed by atoms with Crippen molar-refractivity contribution < 1.29 is 0 Å². The zero-order chi connectivity index (χ0) is 20.4. The van der Waals surface area contributed by atoms with Crippen molar-refractivity contribution >= 4 is 17.7 Å². The van der Waals surface area contributed by atoms with Crippen LogP contribution < -0.4 is 0 Å². The van der Waals surface area contributed by atoms with Crippen LogP contribution in [0.5, 0.6) is 0 Å². The summed E-state index contributed by atoms with van der Waals surface area (Å²) in [4.78, 5) is 0. The molecule has 144 valence electrons. The van der Waals surface area contributed by atoms with Gasteiger partial charge in [-0.2, -0.15) is 5.10 Å². The SMILES string of the molecule is C=Cc1ccc(Cn2nc(-c3ccc(C)cc3)c(Cl)c2-c2ccc(C)cc2)cc1. The van der Waals surface area contributed by atoms with Crippen molar-refractivity contribution in [1.29, 1.82) is 0 Å². The summed E-state index contributed by atoms with van der Waals surface area (Å²) >= 11 is 6.90. The summed E-state index contributed by atoms with van der Waals surface area (Å²) in [6.45, 7) is 8.63. The molecule has 4 rings (SSSR count). The first-order chi connectivity index (χ1) is 14.0. The quantitative estimate of drug-likeness (QED) is 0.348. The highest BCUT2D eigenvalue weighted by atomic mass is 35.5. The van der Waals surface area contributed by atoms with Gasteiger partial charge in [0.1, 0.15) is 5.69 Å². The van der Waals surface area contributed by atoms with Crippen LogP contribution in [-0.2, 0) is 6.54 Å². The van der Waals surface area contributed by atoms with E-state index in [1.54, 1.807) is 0 Å². The van der Waals surface area contributed by atoms with Gasteiger partial charge < -0.3 is 0 Å². The maximum Gasteiger partial charge on any atom is 0.112 e. The lowest BCUT2D eigenvalue weighted by molar-refractivity contribution is 0.697. The molecule has 3 heteroatoms. The van der Waals surface area contributed by atoms with Crippen LogP contribution in [0.3, 0.4) is 0 Å². The molecule has 2 nitrogen and oxygen atoms in total. The maximum absolute atomic E-state index is 6.90. The number of hydrogen-bond acceptors (Lipinski definition) is 1. The lowest BCUT2D eigenvalue weighted by Gasteiger charge is -2.09. The molecule has 0 radical (unpaired) electrons. The number of hydrogen-bond donors (Lipinski definition) is 0. The zero-order valence-corrected chi connectivity index (χ0v) is 17.4. The molecule has 0 aliphatic carbocycles. The minimum Gasteiger partial charge on any atom is -0.258 e. The maximum atomic E-state index is 6.90. The second-order valence-electron chi connectivity index (χ2n) is 7.35. The highest BCUT2D eigenvalue weighted by molar-refractivity contribution is 6.35. The van der Waals surface area contributed by atoms with Crippen LogP contribution in [-0.4, -0.2) is 9.78 Å². The molecule has 0 aliphatic rings. The molecule has 1 heterocycles. The van der Waals surface area contributed by atoms with Gasteiger partial charge in [0.05, 0.1) is 17.3 Å². The summed E-state index contributed by atoms with van der Waals surface area (Å²) in [6.07, 6.45) is 1.85. The minimum absolute atomic E-state index is 0.645. The third-order valence-corrected chi connectivity index (χ3v) is 5.45. The summed E-state index contributed by atoms with van der Waals surface area (Å²) in [5.41, 5.74) is 8.54. The number of nitrogens with zero attached hydrogens (tertiary/aromatic N) is 2. The highest BCUT2D eigenvalue weighted by Crippen LogP contribution is 2.37. The molecule has 0 atom stereocenters. The first-order valence-corrected chi connectivity index (χ1v) is 10.0. The van der Waals surface area contributed by atoms with Crippen LogP contribution in [0.2, 0.25) is 5.02 Å². The second kappa shape index (κ2) is 8.10. The Bertz CT molecular complexity index is 1140. The van der Waals surface area contributed by atoms with E-state index in [1.165, 1.54) is 16.7 Å². The monoisotopic (exact) mass is 398 g/mol. The number of benzene rings is 3. The van der Waals surface area contributed by atoms with Crippen molar-refractivity contribution in [2.24, 2.45) is 0 Å². The molecule has 0 N–H and O–H groups in total. The van der Waals surface area contributed by atoms with Gasteiger partial charge in [-0.15, -0.1) is 0 Å². The van der Waals surface area contributed by atoms with Crippen LogP contribution in [0, 0.1) is 13.8 Å². The van der Waals surface area contributed by atoms with Crippen molar-refractivity contribution in [3.63, 3.8) is 0 Å². The Labute approximate surface area is 177 Å². The second-order valence-corrected chi connectivity index (χ2v) is 7.72. The van der Waals surface area contributed by atoms with E-state index in [-0.39, 0.29) is 0 Å². The number of rotatable bonds is 5. The molecule has 0 bridgehead atoms. The molecular weight excluding hydrogens is 376 g/mol. The Morgan fingerprint density at radius 1 is 0.828 bits per heavy atom. The van der Waals surface area contributed by atoms with E-state index in [0.29, 0.717) is 11.6 Å². The van der Waals surface area contributed by atoms with Crippen molar-refractivity contribution in [3.05, 3.63) is 107 Å². The number of aromatic nitrogens is 2. The smallest absolute Gasteiger partial charge is 0.112 e. The van der Waals surface area contributed by atoms with E-state index in [0.717, 1.165) is 28.1 Å². The fourth-order valence-electron chi connectivity index (χ4n) is 3.37. The Morgan fingerprint density at radius 2 is 1.38 bits per heavy atom. The van der Waals surface area contributed by atoms with E-state index >= 15 is 0 Å². The summed E-state index contributed by atoms with van der Waals surface area (Å²) in [7, 11) is 0. The number of halogens is 1. The summed E-state index contributed by atoms with van der Waals surface area (Å²) in [5.74, 6) is 0. The first-order valence-electron chi connectivity index (χ1n) is 9.67. The van der Waals surface area contributed by atoms with Crippen LogP contribution in [0.25, 0.3) is 28.6 Å². The molecule has 29 heavy (non-hydrogen) atoms. The summed E-state index contributed by atoms with van der Waals surface area (Å²) < 4.78 is 2.01.